The average Bonchev–Trinajstić information content (AvgIpc) is 2.21. The fourth-order valence-electron chi connectivity index (χ4n) is 0.949. The minimum Gasteiger partial charge on any atom is -0.405 e. The molecule has 0 spiro atoms. The Bertz CT molecular complexity index is 404. The lowest BCUT2D eigenvalue weighted by atomic mass is 10.3. The van der Waals surface area contributed by atoms with Gasteiger partial charge in [0.1, 0.15) is 5.82 Å². The van der Waals surface area contributed by atoms with E-state index in [1.165, 1.54) is 18.3 Å². The number of rotatable bonds is 3. The maximum atomic E-state index is 12.8. The first kappa shape index (κ1) is 12.4. The van der Waals surface area contributed by atoms with Gasteiger partial charge in [-0.05, 0) is 53.1 Å². The van der Waals surface area contributed by atoms with Gasteiger partial charge in [-0.3, -0.25) is 4.99 Å². The maximum absolute atomic E-state index is 12.8. The van der Waals surface area contributed by atoms with Crippen molar-refractivity contribution >= 4 is 45.6 Å². The Morgan fingerprint density at radius 2 is 2.33 bits per heavy atom. The molecule has 0 saturated heterocycles. The second kappa shape index (κ2) is 6.07. The highest BCUT2D eigenvalue weighted by Crippen LogP contribution is 2.22. The number of benzene rings is 1. The number of aliphatic imine (C=N–C) groups is 1. The minimum atomic E-state index is -0.278. The SMILES string of the molecule is NC=CC(CCl)=Nc1ccc(F)cc1I. The first-order chi connectivity index (χ1) is 7.17. The Morgan fingerprint density at radius 1 is 1.60 bits per heavy atom. The third-order valence-corrected chi connectivity index (χ3v) is 2.74. The molecule has 2 nitrogen and oxygen atoms in total. The van der Waals surface area contributed by atoms with Crippen molar-refractivity contribution < 1.29 is 4.39 Å². The van der Waals surface area contributed by atoms with Crippen molar-refractivity contribution in [2.45, 2.75) is 0 Å². The van der Waals surface area contributed by atoms with E-state index in [9.17, 15) is 4.39 Å². The normalized spacial score (nSPS) is 12.3. The van der Waals surface area contributed by atoms with Crippen LogP contribution in [0.4, 0.5) is 10.1 Å². The van der Waals surface area contributed by atoms with Gasteiger partial charge < -0.3 is 5.73 Å². The molecule has 80 valence electrons. The molecule has 1 rings (SSSR count). The van der Waals surface area contributed by atoms with Gasteiger partial charge in [0, 0.05) is 3.57 Å². The summed E-state index contributed by atoms with van der Waals surface area (Å²) in [6, 6.07) is 4.38. The molecule has 0 bridgehead atoms. The van der Waals surface area contributed by atoms with Crippen molar-refractivity contribution in [3.8, 4) is 0 Å². The van der Waals surface area contributed by atoms with E-state index in [4.69, 9.17) is 17.3 Å². The van der Waals surface area contributed by atoms with Gasteiger partial charge in [0.15, 0.2) is 0 Å². The van der Waals surface area contributed by atoms with Gasteiger partial charge >= 0.3 is 0 Å². The topological polar surface area (TPSA) is 38.4 Å². The fraction of sp³-hybridized carbons (Fsp3) is 0.100. The molecule has 0 aliphatic carbocycles. The molecule has 2 N–H and O–H groups in total. The van der Waals surface area contributed by atoms with Crippen LogP contribution in [0.1, 0.15) is 0 Å². The zero-order valence-electron chi connectivity index (χ0n) is 7.75. The van der Waals surface area contributed by atoms with Crippen LogP contribution in [0, 0.1) is 9.39 Å². The van der Waals surface area contributed by atoms with Gasteiger partial charge in [-0.2, -0.15) is 0 Å². The van der Waals surface area contributed by atoms with Crippen LogP contribution >= 0.6 is 34.2 Å². The van der Waals surface area contributed by atoms with Crippen molar-refractivity contribution in [3.63, 3.8) is 0 Å². The smallest absolute Gasteiger partial charge is 0.124 e. The summed E-state index contributed by atoms with van der Waals surface area (Å²) in [5.74, 6) is -0.0126. The van der Waals surface area contributed by atoms with E-state index in [0.29, 0.717) is 11.4 Å². The summed E-state index contributed by atoms with van der Waals surface area (Å²) in [7, 11) is 0. The molecule has 0 aliphatic heterocycles. The van der Waals surface area contributed by atoms with E-state index in [2.05, 4.69) is 4.99 Å². The molecule has 1 aromatic rings. The molecule has 0 unspecified atom stereocenters. The Kier molecular flexibility index (Phi) is 5.04. The van der Waals surface area contributed by atoms with Crippen LogP contribution in [0.2, 0.25) is 0 Å². The molecule has 0 fully saturated rings. The zero-order chi connectivity index (χ0) is 11.3. The molecular formula is C10H9ClFIN2. The van der Waals surface area contributed by atoms with Crippen LogP contribution in [0.5, 0.6) is 0 Å². The summed E-state index contributed by atoms with van der Waals surface area (Å²) in [5.41, 5.74) is 6.57. The number of alkyl halides is 1. The van der Waals surface area contributed by atoms with Crippen LogP contribution in [-0.2, 0) is 0 Å². The van der Waals surface area contributed by atoms with E-state index in [1.807, 2.05) is 22.6 Å². The number of hydrogen-bond acceptors (Lipinski definition) is 2. The molecular weight excluding hydrogens is 329 g/mol. The highest BCUT2D eigenvalue weighted by Gasteiger charge is 2.00. The van der Waals surface area contributed by atoms with Crippen molar-refractivity contribution in [2.24, 2.45) is 10.7 Å². The van der Waals surface area contributed by atoms with Crippen LogP contribution < -0.4 is 5.73 Å². The molecule has 0 amide bonds. The second-order valence-electron chi connectivity index (χ2n) is 2.69. The van der Waals surface area contributed by atoms with Crippen molar-refractivity contribution in [1.29, 1.82) is 0 Å². The van der Waals surface area contributed by atoms with Crippen LogP contribution in [0.25, 0.3) is 0 Å². The third kappa shape index (κ3) is 3.79. The van der Waals surface area contributed by atoms with Crippen LogP contribution in [0.15, 0.2) is 35.5 Å². The van der Waals surface area contributed by atoms with Gasteiger partial charge in [-0.25, -0.2) is 4.39 Å². The van der Waals surface area contributed by atoms with Crippen molar-refractivity contribution in [2.75, 3.05) is 5.88 Å². The van der Waals surface area contributed by atoms with Crippen LogP contribution in [0.3, 0.4) is 0 Å². The summed E-state index contributed by atoms with van der Waals surface area (Å²) >= 11 is 7.68. The van der Waals surface area contributed by atoms with Gasteiger partial charge in [0.05, 0.1) is 17.3 Å². The van der Waals surface area contributed by atoms with Gasteiger partial charge in [0.2, 0.25) is 0 Å². The van der Waals surface area contributed by atoms with Gasteiger partial charge in [0.25, 0.3) is 0 Å². The number of allylic oxidation sites excluding steroid dienone is 1. The lowest BCUT2D eigenvalue weighted by Gasteiger charge is -2.00. The predicted molar refractivity (Wildman–Crippen MR) is 70.3 cm³/mol. The Labute approximate surface area is 106 Å². The Morgan fingerprint density at radius 3 is 2.87 bits per heavy atom. The first-order valence-corrected chi connectivity index (χ1v) is 5.75. The average molecular weight is 339 g/mol. The third-order valence-electron chi connectivity index (χ3n) is 1.60. The molecule has 5 heteroatoms. The van der Waals surface area contributed by atoms with Gasteiger partial charge in [-0.15, -0.1) is 11.6 Å². The zero-order valence-corrected chi connectivity index (χ0v) is 10.7. The summed E-state index contributed by atoms with van der Waals surface area (Å²) in [6.07, 6.45) is 2.99. The lowest BCUT2D eigenvalue weighted by molar-refractivity contribution is 0.627. The molecule has 15 heavy (non-hydrogen) atoms. The predicted octanol–water partition coefficient (Wildman–Crippen LogP) is 3.21. The Hall–Kier alpha value is -0.620. The number of nitrogens with zero attached hydrogens (tertiary/aromatic N) is 1. The molecule has 1 aromatic carbocycles. The standard InChI is InChI=1S/C10H9ClFIN2/c11-6-8(3-4-14)15-10-2-1-7(12)5-9(10)13/h1-5H,6,14H2. The summed E-state index contributed by atoms with van der Waals surface area (Å²) < 4.78 is 13.5. The molecule has 0 aromatic heterocycles. The van der Waals surface area contributed by atoms with Gasteiger partial charge in [-0.1, -0.05) is 0 Å². The first-order valence-electron chi connectivity index (χ1n) is 4.14. The lowest BCUT2D eigenvalue weighted by Crippen LogP contribution is -1.96. The molecule has 0 saturated carbocycles. The molecule has 0 atom stereocenters. The largest absolute Gasteiger partial charge is 0.405 e. The quantitative estimate of drug-likeness (QED) is 0.513. The van der Waals surface area contributed by atoms with E-state index >= 15 is 0 Å². The molecule has 0 radical (unpaired) electrons. The number of hydrogen-bond donors (Lipinski definition) is 1. The summed E-state index contributed by atoms with van der Waals surface area (Å²) in [5, 5.41) is 0. The van der Waals surface area contributed by atoms with E-state index in [1.54, 1.807) is 12.1 Å². The highest BCUT2D eigenvalue weighted by atomic mass is 127. The van der Waals surface area contributed by atoms with Crippen molar-refractivity contribution in [3.05, 3.63) is 39.9 Å². The second-order valence-corrected chi connectivity index (χ2v) is 4.12. The summed E-state index contributed by atoms with van der Waals surface area (Å²) in [6.45, 7) is 0. The van der Waals surface area contributed by atoms with E-state index in [-0.39, 0.29) is 11.7 Å². The van der Waals surface area contributed by atoms with Crippen LogP contribution in [-0.4, -0.2) is 11.6 Å². The minimum absolute atomic E-state index is 0.265. The summed E-state index contributed by atoms with van der Waals surface area (Å²) in [4.78, 5) is 4.25. The molecule has 0 aliphatic rings. The van der Waals surface area contributed by atoms with E-state index < -0.39 is 0 Å². The number of nitrogens with two attached hydrogens (primary N) is 1. The van der Waals surface area contributed by atoms with Crippen molar-refractivity contribution in [1.82, 2.24) is 0 Å². The Balaban J connectivity index is 3.06. The molecule has 0 heterocycles. The maximum Gasteiger partial charge on any atom is 0.124 e. The fourth-order valence-corrected chi connectivity index (χ4v) is 1.70. The highest BCUT2D eigenvalue weighted by molar-refractivity contribution is 14.1. The monoisotopic (exact) mass is 338 g/mol. The number of halogens is 3. The van der Waals surface area contributed by atoms with E-state index in [0.717, 1.165) is 3.57 Å².